The van der Waals surface area contributed by atoms with Crippen LogP contribution in [-0.4, -0.2) is 35.9 Å². The van der Waals surface area contributed by atoms with Gasteiger partial charge in [0.05, 0.1) is 13.2 Å². The summed E-state index contributed by atoms with van der Waals surface area (Å²) in [6.45, 7) is 0.633. The molecule has 1 amide bonds. The van der Waals surface area contributed by atoms with Gasteiger partial charge >= 0.3 is 6.09 Å². The summed E-state index contributed by atoms with van der Waals surface area (Å²) in [6.07, 6.45) is 3.42. The lowest BCUT2D eigenvalue weighted by atomic mass is 9.94. The molecule has 1 aliphatic heterocycles. The van der Waals surface area contributed by atoms with Gasteiger partial charge in [0.1, 0.15) is 6.29 Å². The Morgan fingerprint density at radius 3 is 3.09 bits per heavy atom. The summed E-state index contributed by atoms with van der Waals surface area (Å²) in [5, 5.41) is 1.20. The minimum Gasteiger partial charge on any atom is -0.453 e. The minimum atomic E-state index is -0.313. The molecule has 2 heterocycles. The monoisotopic (exact) mass is 378 g/mol. The van der Waals surface area contributed by atoms with E-state index in [0.717, 1.165) is 41.2 Å². The Labute approximate surface area is 143 Å². The third kappa shape index (κ3) is 3.00. The smallest absolute Gasteiger partial charge is 0.410 e. The molecule has 0 saturated carbocycles. The van der Waals surface area contributed by atoms with Crippen LogP contribution in [0.3, 0.4) is 0 Å². The number of aromatic amines is 1. The fourth-order valence-corrected chi connectivity index (χ4v) is 3.74. The Kier molecular flexibility index (Phi) is 4.71. The molecule has 0 bridgehead atoms. The molecule has 1 aromatic carbocycles. The molecule has 1 aromatic heterocycles. The third-order valence-electron chi connectivity index (χ3n) is 4.42. The predicted octanol–water partition coefficient (Wildman–Crippen LogP) is 3.97. The third-order valence-corrected chi connectivity index (χ3v) is 4.92. The molecular formula is C17H19BrN2O3. The van der Waals surface area contributed by atoms with Crippen LogP contribution >= 0.6 is 15.9 Å². The number of hydrogen-bond donors (Lipinski definition) is 1. The van der Waals surface area contributed by atoms with Crippen LogP contribution in [0.5, 0.6) is 0 Å². The Bertz CT molecular complexity index is 741. The van der Waals surface area contributed by atoms with Gasteiger partial charge in [0.2, 0.25) is 0 Å². The summed E-state index contributed by atoms with van der Waals surface area (Å²) >= 11 is 3.49. The lowest BCUT2D eigenvalue weighted by Crippen LogP contribution is -2.40. The van der Waals surface area contributed by atoms with Gasteiger partial charge in [-0.05, 0) is 37.0 Å². The largest absolute Gasteiger partial charge is 0.453 e. The van der Waals surface area contributed by atoms with E-state index < -0.39 is 0 Å². The molecule has 1 atom stereocenters. The van der Waals surface area contributed by atoms with E-state index in [1.165, 1.54) is 18.1 Å². The molecule has 0 saturated heterocycles. The van der Waals surface area contributed by atoms with Crippen molar-refractivity contribution in [3.63, 3.8) is 0 Å². The number of halogens is 1. The number of unbranched alkanes of at least 4 members (excludes halogenated alkanes) is 1. The second-order valence-electron chi connectivity index (χ2n) is 5.73. The zero-order valence-corrected chi connectivity index (χ0v) is 14.6. The fraction of sp³-hybridized carbons (Fsp3) is 0.412. The first-order valence-corrected chi connectivity index (χ1v) is 8.53. The van der Waals surface area contributed by atoms with E-state index in [1.807, 2.05) is 6.07 Å². The Balaban J connectivity index is 2.01. The molecule has 0 fully saturated rings. The average molecular weight is 379 g/mol. The molecule has 5 nitrogen and oxygen atoms in total. The standard InChI is InChI=1S/C17H19BrN2O3/c1-23-17(22)20-8-7-13-12-6-5-11(18)10-14(12)19-16(13)15(20)4-2-3-9-21/h5-6,9-10,15,19H,2-4,7-8H2,1H3/t15-/m0/s1. The summed E-state index contributed by atoms with van der Waals surface area (Å²) in [6, 6.07) is 6.12. The maximum atomic E-state index is 12.1. The van der Waals surface area contributed by atoms with Crippen molar-refractivity contribution in [2.45, 2.75) is 31.7 Å². The first-order chi connectivity index (χ1) is 11.2. The van der Waals surface area contributed by atoms with Crippen LogP contribution in [0.2, 0.25) is 0 Å². The summed E-state index contributed by atoms with van der Waals surface area (Å²) in [5.41, 5.74) is 3.40. The molecule has 2 aromatic rings. The Morgan fingerprint density at radius 1 is 1.52 bits per heavy atom. The van der Waals surface area contributed by atoms with Crippen LogP contribution in [0.4, 0.5) is 4.79 Å². The van der Waals surface area contributed by atoms with Crippen LogP contribution in [0, 0.1) is 0 Å². The van der Waals surface area contributed by atoms with Gasteiger partial charge in [0.25, 0.3) is 0 Å². The Morgan fingerprint density at radius 2 is 2.35 bits per heavy atom. The van der Waals surface area contributed by atoms with Crippen LogP contribution < -0.4 is 0 Å². The average Bonchev–Trinajstić information content (AvgIpc) is 2.92. The normalized spacial score (nSPS) is 17.1. The number of nitrogens with one attached hydrogen (secondary N) is 1. The van der Waals surface area contributed by atoms with Crippen LogP contribution in [0.25, 0.3) is 10.9 Å². The molecule has 1 aliphatic rings. The highest BCUT2D eigenvalue weighted by Gasteiger charge is 2.33. The fourth-order valence-electron chi connectivity index (χ4n) is 3.38. The molecule has 23 heavy (non-hydrogen) atoms. The number of amides is 1. The molecule has 122 valence electrons. The number of rotatable bonds is 4. The topological polar surface area (TPSA) is 62.4 Å². The molecule has 3 rings (SSSR count). The van der Waals surface area contributed by atoms with E-state index in [2.05, 4.69) is 33.0 Å². The predicted molar refractivity (Wildman–Crippen MR) is 91.5 cm³/mol. The van der Waals surface area contributed by atoms with Gasteiger partial charge in [-0.25, -0.2) is 4.79 Å². The van der Waals surface area contributed by atoms with Crippen molar-refractivity contribution in [1.29, 1.82) is 0 Å². The van der Waals surface area contributed by atoms with Crippen molar-refractivity contribution in [2.24, 2.45) is 0 Å². The van der Waals surface area contributed by atoms with E-state index in [9.17, 15) is 9.59 Å². The zero-order valence-electron chi connectivity index (χ0n) is 13.0. The lowest BCUT2D eigenvalue weighted by Gasteiger charge is -2.34. The highest BCUT2D eigenvalue weighted by atomic mass is 79.9. The quantitative estimate of drug-likeness (QED) is 0.646. The number of ether oxygens (including phenoxy) is 1. The zero-order chi connectivity index (χ0) is 16.4. The number of carbonyl (C=O) groups excluding carboxylic acids is 2. The molecule has 0 radical (unpaired) electrons. The lowest BCUT2D eigenvalue weighted by molar-refractivity contribution is -0.108. The first-order valence-electron chi connectivity index (χ1n) is 7.74. The number of aromatic nitrogens is 1. The number of hydrogen-bond acceptors (Lipinski definition) is 3. The highest BCUT2D eigenvalue weighted by Crippen LogP contribution is 2.38. The van der Waals surface area contributed by atoms with E-state index in [4.69, 9.17) is 4.74 Å². The van der Waals surface area contributed by atoms with E-state index in [-0.39, 0.29) is 12.1 Å². The van der Waals surface area contributed by atoms with Gasteiger partial charge in [0, 0.05) is 34.0 Å². The number of H-pyrrole nitrogens is 1. The van der Waals surface area contributed by atoms with Crippen molar-refractivity contribution in [3.05, 3.63) is 33.9 Å². The first kappa shape index (κ1) is 16.1. The SMILES string of the molecule is COC(=O)N1CCc2c([nH]c3cc(Br)ccc23)[C@@H]1CCCC=O. The van der Waals surface area contributed by atoms with Gasteiger partial charge in [-0.2, -0.15) is 0 Å². The van der Waals surface area contributed by atoms with Crippen molar-refractivity contribution >= 4 is 39.2 Å². The molecule has 0 spiro atoms. The van der Waals surface area contributed by atoms with Gasteiger partial charge in [-0.15, -0.1) is 0 Å². The van der Waals surface area contributed by atoms with Crippen LogP contribution in [0.1, 0.15) is 36.6 Å². The summed E-state index contributed by atoms with van der Waals surface area (Å²) < 4.78 is 5.95. The van der Waals surface area contributed by atoms with Crippen molar-refractivity contribution in [1.82, 2.24) is 9.88 Å². The summed E-state index contributed by atoms with van der Waals surface area (Å²) in [5.74, 6) is 0. The summed E-state index contributed by atoms with van der Waals surface area (Å²) in [4.78, 5) is 28.0. The van der Waals surface area contributed by atoms with Gasteiger partial charge < -0.3 is 14.5 Å². The van der Waals surface area contributed by atoms with E-state index >= 15 is 0 Å². The number of fused-ring (bicyclic) bond motifs is 3. The molecular weight excluding hydrogens is 360 g/mol. The number of carbonyl (C=O) groups is 2. The van der Waals surface area contributed by atoms with Crippen molar-refractivity contribution in [3.8, 4) is 0 Å². The van der Waals surface area contributed by atoms with Crippen molar-refractivity contribution < 1.29 is 14.3 Å². The van der Waals surface area contributed by atoms with Gasteiger partial charge in [-0.1, -0.05) is 22.0 Å². The Hall–Kier alpha value is -1.82. The number of benzene rings is 1. The van der Waals surface area contributed by atoms with Crippen LogP contribution in [0.15, 0.2) is 22.7 Å². The van der Waals surface area contributed by atoms with Gasteiger partial charge in [-0.3, -0.25) is 4.90 Å². The minimum absolute atomic E-state index is 0.0719. The molecule has 1 N–H and O–H groups in total. The number of nitrogens with zero attached hydrogens (tertiary/aromatic N) is 1. The van der Waals surface area contributed by atoms with Gasteiger partial charge in [0.15, 0.2) is 0 Å². The summed E-state index contributed by atoms with van der Waals surface area (Å²) in [7, 11) is 1.41. The molecule has 0 unspecified atom stereocenters. The maximum absolute atomic E-state index is 12.1. The highest BCUT2D eigenvalue weighted by molar-refractivity contribution is 9.10. The molecule has 0 aliphatic carbocycles. The molecule has 6 heteroatoms. The van der Waals surface area contributed by atoms with Crippen LogP contribution in [-0.2, 0) is 16.0 Å². The maximum Gasteiger partial charge on any atom is 0.410 e. The number of methoxy groups -OCH3 is 1. The number of aldehydes is 1. The second kappa shape index (κ2) is 6.74. The van der Waals surface area contributed by atoms with E-state index in [0.29, 0.717) is 13.0 Å². The van der Waals surface area contributed by atoms with E-state index in [1.54, 1.807) is 4.90 Å². The second-order valence-corrected chi connectivity index (χ2v) is 6.65. The van der Waals surface area contributed by atoms with Crippen molar-refractivity contribution in [2.75, 3.05) is 13.7 Å².